The maximum absolute atomic E-state index is 12.1. The van der Waals surface area contributed by atoms with E-state index in [4.69, 9.17) is 14.7 Å². The molecule has 0 radical (unpaired) electrons. The van der Waals surface area contributed by atoms with Crippen LogP contribution >= 0.6 is 11.3 Å². The Hall–Kier alpha value is -1.97. The van der Waals surface area contributed by atoms with Gasteiger partial charge in [-0.1, -0.05) is 0 Å². The zero-order valence-corrected chi connectivity index (χ0v) is 18.3. The maximum atomic E-state index is 12.1. The summed E-state index contributed by atoms with van der Waals surface area (Å²) in [4.78, 5) is 31.0. The van der Waals surface area contributed by atoms with Gasteiger partial charge >= 0.3 is 6.03 Å². The van der Waals surface area contributed by atoms with Gasteiger partial charge in [0.05, 0.1) is 25.1 Å². The van der Waals surface area contributed by atoms with Crippen molar-refractivity contribution >= 4 is 33.4 Å². The minimum Gasteiger partial charge on any atom is -0.379 e. The van der Waals surface area contributed by atoms with E-state index < -0.39 is 0 Å². The van der Waals surface area contributed by atoms with E-state index in [9.17, 15) is 4.79 Å². The van der Waals surface area contributed by atoms with Crippen LogP contribution in [0.2, 0.25) is 0 Å². The Labute approximate surface area is 175 Å². The summed E-state index contributed by atoms with van der Waals surface area (Å²) >= 11 is 1.75. The van der Waals surface area contributed by atoms with Crippen LogP contribution in [0.5, 0.6) is 0 Å². The summed E-state index contributed by atoms with van der Waals surface area (Å²) in [6.07, 6.45) is 0. The third kappa shape index (κ3) is 4.31. The monoisotopic (exact) mass is 418 g/mol. The van der Waals surface area contributed by atoms with Gasteiger partial charge in [0.15, 0.2) is 0 Å². The SMILES string of the molecule is CCNC(=O)N1CCN(c2nc(CN3CCOCC3)nc3sc(C)c(C)c23)CC1. The molecule has 0 aliphatic carbocycles. The second-order valence-corrected chi connectivity index (χ2v) is 8.83. The first-order chi connectivity index (χ1) is 14.1. The Morgan fingerprint density at radius 3 is 2.52 bits per heavy atom. The third-order valence-electron chi connectivity index (χ3n) is 5.72. The highest BCUT2D eigenvalue weighted by Gasteiger charge is 2.25. The summed E-state index contributed by atoms with van der Waals surface area (Å²) in [7, 11) is 0. The van der Waals surface area contributed by atoms with Crippen molar-refractivity contribution in [2.24, 2.45) is 0 Å². The minimum atomic E-state index is 0.0237. The number of nitrogens with zero attached hydrogens (tertiary/aromatic N) is 5. The number of carbonyl (C=O) groups is 1. The molecule has 1 N–H and O–H groups in total. The van der Waals surface area contributed by atoms with Crippen LogP contribution in [0, 0.1) is 13.8 Å². The number of amides is 2. The highest BCUT2D eigenvalue weighted by Crippen LogP contribution is 2.35. The van der Waals surface area contributed by atoms with Crippen molar-refractivity contribution < 1.29 is 9.53 Å². The molecule has 158 valence electrons. The second kappa shape index (κ2) is 8.81. The van der Waals surface area contributed by atoms with Gasteiger partial charge in [0.1, 0.15) is 16.5 Å². The Balaban J connectivity index is 1.59. The number of hydrogen-bond acceptors (Lipinski definition) is 7. The molecule has 2 saturated heterocycles. The van der Waals surface area contributed by atoms with Crippen molar-refractivity contribution in [2.45, 2.75) is 27.3 Å². The Bertz CT molecular complexity index is 871. The third-order valence-corrected chi connectivity index (χ3v) is 6.82. The van der Waals surface area contributed by atoms with Gasteiger partial charge in [-0.25, -0.2) is 14.8 Å². The number of thiophene rings is 1. The first kappa shape index (κ1) is 20.3. The molecule has 0 atom stereocenters. The normalized spacial score (nSPS) is 18.4. The quantitative estimate of drug-likeness (QED) is 0.819. The fraction of sp³-hybridized carbons (Fsp3) is 0.650. The molecule has 0 saturated carbocycles. The van der Waals surface area contributed by atoms with E-state index in [1.54, 1.807) is 11.3 Å². The summed E-state index contributed by atoms with van der Waals surface area (Å²) in [5, 5.41) is 4.07. The standard InChI is InChI=1S/C20H30N6O2S/c1-4-21-20(27)26-7-5-25(6-8-26)18-17-14(2)15(3)29-19(17)23-16(22-18)13-24-9-11-28-12-10-24/h4-13H2,1-3H3,(H,21,27). The van der Waals surface area contributed by atoms with E-state index in [0.29, 0.717) is 19.6 Å². The number of ether oxygens (including phenoxy) is 1. The molecule has 2 aliphatic heterocycles. The number of nitrogens with one attached hydrogen (secondary N) is 1. The van der Waals surface area contributed by atoms with Gasteiger partial charge in [-0.05, 0) is 26.3 Å². The van der Waals surface area contributed by atoms with Gasteiger partial charge < -0.3 is 19.9 Å². The summed E-state index contributed by atoms with van der Waals surface area (Å²) < 4.78 is 5.47. The van der Waals surface area contributed by atoms with Crippen LogP contribution in [-0.4, -0.2) is 84.8 Å². The summed E-state index contributed by atoms with van der Waals surface area (Å²) in [6.45, 7) is 14.0. The molecule has 29 heavy (non-hydrogen) atoms. The molecule has 0 unspecified atom stereocenters. The molecular formula is C20H30N6O2S. The molecule has 4 heterocycles. The molecule has 2 aliphatic rings. The van der Waals surface area contributed by atoms with Crippen LogP contribution in [0.1, 0.15) is 23.2 Å². The van der Waals surface area contributed by atoms with Crippen LogP contribution < -0.4 is 10.2 Å². The van der Waals surface area contributed by atoms with Crippen molar-refractivity contribution in [1.29, 1.82) is 0 Å². The van der Waals surface area contributed by atoms with Crippen molar-refractivity contribution in [2.75, 3.05) is 63.9 Å². The lowest BCUT2D eigenvalue weighted by molar-refractivity contribution is 0.0331. The number of aryl methyl sites for hydroxylation is 2. The summed E-state index contributed by atoms with van der Waals surface area (Å²) in [5.74, 6) is 1.90. The van der Waals surface area contributed by atoms with E-state index in [0.717, 1.165) is 62.4 Å². The van der Waals surface area contributed by atoms with Crippen molar-refractivity contribution in [3.8, 4) is 0 Å². The second-order valence-electron chi connectivity index (χ2n) is 7.62. The first-order valence-corrected chi connectivity index (χ1v) is 11.2. The molecule has 2 aromatic rings. The number of rotatable bonds is 4. The molecule has 0 bridgehead atoms. The molecule has 4 rings (SSSR count). The number of morpholine rings is 1. The topological polar surface area (TPSA) is 73.8 Å². The Kier molecular flexibility index (Phi) is 6.17. The molecule has 2 amide bonds. The lowest BCUT2D eigenvalue weighted by Gasteiger charge is -2.36. The van der Waals surface area contributed by atoms with Gasteiger partial charge in [-0.2, -0.15) is 0 Å². The number of urea groups is 1. The van der Waals surface area contributed by atoms with Crippen molar-refractivity contribution in [3.05, 3.63) is 16.3 Å². The van der Waals surface area contributed by atoms with E-state index in [2.05, 4.69) is 29.0 Å². The predicted molar refractivity (Wildman–Crippen MR) is 116 cm³/mol. The largest absolute Gasteiger partial charge is 0.379 e. The fourth-order valence-electron chi connectivity index (χ4n) is 3.91. The van der Waals surface area contributed by atoms with Crippen LogP contribution in [0.15, 0.2) is 0 Å². The van der Waals surface area contributed by atoms with Gasteiger partial charge in [0, 0.05) is 50.7 Å². The highest BCUT2D eigenvalue weighted by atomic mass is 32.1. The number of fused-ring (bicyclic) bond motifs is 1. The maximum Gasteiger partial charge on any atom is 0.317 e. The zero-order valence-electron chi connectivity index (χ0n) is 17.5. The van der Waals surface area contributed by atoms with Crippen LogP contribution in [0.3, 0.4) is 0 Å². The average molecular weight is 419 g/mol. The number of aromatic nitrogens is 2. The van der Waals surface area contributed by atoms with Gasteiger partial charge in [0.25, 0.3) is 0 Å². The van der Waals surface area contributed by atoms with E-state index in [1.807, 2.05) is 11.8 Å². The van der Waals surface area contributed by atoms with E-state index in [1.165, 1.54) is 15.8 Å². The molecule has 0 spiro atoms. The number of hydrogen-bond donors (Lipinski definition) is 1. The molecule has 9 heteroatoms. The fourth-order valence-corrected chi connectivity index (χ4v) is 4.96. The molecule has 0 aromatic carbocycles. The van der Waals surface area contributed by atoms with Crippen molar-refractivity contribution in [3.63, 3.8) is 0 Å². The number of piperazine rings is 1. The number of anilines is 1. The van der Waals surface area contributed by atoms with Crippen molar-refractivity contribution in [1.82, 2.24) is 25.1 Å². The molecular weight excluding hydrogens is 388 g/mol. The van der Waals surface area contributed by atoms with Gasteiger partial charge in [-0.15, -0.1) is 11.3 Å². The molecule has 2 fully saturated rings. The lowest BCUT2D eigenvalue weighted by atomic mass is 10.2. The van der Waals surface area contributed by atoms with E-state index in [-0.39, 0.29) is 6.03 Å². The summed E-state index contributed by atoms with van der Waals surface area (Å²) in [5.41, 5.74) is 1.27. The van der Waals surface area contributed by atoms with Crippen LogP contribution in [0.4, 0.5) is 10.6 Å². The number of carbonyl (C=O) groups excluding carboxylic acids is 1. The Morgan fingerprint density at radius 1 is 1.10 bits per heavy atom. The molecule has 2 aromatic heterocycles. The highest BCUT2D eigenvalue weighted by molar-refractivity contribution is 7.18. The Morgan fingerprint density at radius 2 is 1.83 bits per heavy atom. The zero-order chi connectivity index (χ0) is 20.4. The molecule has 8 nitrogen and oxygen atoms in total. The predicted octanol–water partition coefficient (Wildman–Crippen LogP) is 1.99. The summed E-state index contributed by atoms with van der Waals surface area (Å²) in [6, 6.07) is 0.0237. The first-order valence-electron chi connectivity index (χ1n) is 10.4. The van der Waals surface area contributed by atoms with Crippen LogP contribution in [0.25, 0.3) is 10.2 Å². The average Bonchev–Trinajstić information content (AvgIpc) is 3.02. The van der Waals surface area contributed by atoms with Gasteiger partial charge in [-0.3, -0.25) is 4.90 Å². The smallest absolute Gasteiger partial charge is 0.317 e. The van der Waals surface area contributed by atoms with E-state index >= 15 is 0 Å². The minimum absolute atomic E-state index is 0.0237. The van der Waals surface area contributed by atoms with Gasteiger partial charge in [0.2, 0.25) is 0 Å². The lowest BCUT2D eigenvalue weighted by Crippen LogP contribution is -2.52. The van der Waals surface area contributed by atoms with Crippen LogP contribution in [-0.2, 0) is 11.3 Å².